The quantitative estimate of drug-likeness (QED) is 0.502. The molecule has 0 atom stereocenters. The van der Waals surface area contributed by atoms with Crippen molar-refractivity contribution in [1.82, 2.24) is 10.2 Å². The monoisotopic (exact) mass is 324 g/mol. The highest BCUT2D eigenvalue weighted by Gasteiger charge is 2.27. The van der Waals surface area contributed by atoms with Gasteiger partial charge in [0.05, 0.1) is 17.9 Å². The molecule has 1 heterocycles. The van der Waals surface area contributed by atoms with Gasteiger partial charge in [-0.15, -0.1) is 0 Å². The number of hydrogen-bond donors (Lipinski definition) is 1. The number of nitrogens with zero attached hydrogens (tertiary/aromatic N) is 1. The van der Waals surface area contributed by atoms with Crippen LogP contribution in [0.2, 0.25) is 0 Å². The van der Waals surface area contributed by atoms with Crippen LogP contribution in [-0.2, 0) is 18.5 Å². The Balaban J connectivity index is 2.71. The zero-order chi connectivity index (χ0) is 15.6. The molecule has 0 unspecified atom stereocenters. The van der Waals surface area contributed by atoms with Gasteiger partial charge < -0.3 is 9.47 Å². The second-order valence-corrected chi connectivity index (χ2v) is 7.56. The minimum atomic E-state index is -4.07. The van der Waals surface area contributed by atoms with Crippen molar-refractivity contribution in [2.45, 2.75) is 38.2 Å². The molecular formula is C11H17ClN2O5S. The van der Waals surface area contributed by atoms with Crippen LogP contribution >= 0.6 is 10.7 Å². The molecule has 0 spiro atoms. The van der Waals surface area contributed by atoms with Gasteiger partial charge in [-0.1, -0.05) is 0 Å². The summed E-state index contributed by atoms with van der Waals surface area (Å²) in [5.41, 5.74) is -0.522. The highest BCUT2D eigenvalue weighted by Crippen LogP contribution is 2.22. The molecule has 1 aromatic rings. The van der Waals surface area contributed by atoms with Crippen LogP contribution in [0.5, 0.6) is 0 Å². The third-order valence-electron chi connectivity index (χ3n) is 2.18. The van der Waals surface area contributed by atoms with E-state index in [1.807, 2.05) is 20.8 Å². The molecule has 7 nitrogen and oxygen atoms in total. The van der Waals surface area contributed by atoms with E-state index in [1.54, 1.807) is 0 Å². The van der Waals surface area contributed by atoms with E-state index in [-0.39, 0.29) is 35.1 Å². The molecule has 0 amide bonds. The molecule has 0 saturated heterocycles. The lowest BCUT2D eigenvalue weighted by Gasteiger charge is -2.19. The van der Waals surface area contributed by atoms with Gasteiger partial charge in [-0.05, 0) is 27.7 Å². The summed E-state index contributed by atoms with van der Waals surface area (Å²) in [4.78, 5) is 11.4. The normalized spacial score (nSPS) is 12.4. The minimum Gasteiger partial charge on any atom is -0.458 e. The molecule has 0 aliphatic heterocycles. The van der Waals surface area contributed by atoms with E-state index >= 15 is 0 Å². The first kappa shape index (κ1) is 16.9. The number of halogens is 1. The molecule has 0 bridgehead atoms. The van der Waals surface area contributed by atoms with Gasteiger partial charge in [0.2, 0.25) is 0 Å². The van der Waals surface area contributed by atoms with Crippen molar-refractivity contribution in [3.63, 3.8) is 0 Å². The number of hydrogen-bond acceptors (Lipinski definition) is 6. The maximum absolute atomic E-state index is 11.8. The third kappa shape index (κ3) is 4.77. The SMILES string of the molecule is Cc1[nH]nc(C(=O)OCCOC(C)(C)C)c1S(=O)(=O)Cl. The van der Waals surface area contributed by atoms with E-state index in [1.165, 1.54) is 6.92 Å². The van der Waals surface area contributed by atoms with Gasteiger partial charge in [-0.25, -0.2) is 13.2 Å². The first-order chi connectivity index (χ1) is 9.02. The molecule has 1 rings (SSSR count). The highest BCUT2D eigenvalue weighted by atomic mass is 35.7. The molecular weight excluding hydrogens is 308 g/mol. The van der Waals surface area contributed by atoms with Gasteiger partial charge in [0.1, 0.15) is 11.5 Å². The van der Waals surface area contributed by atoms with Crippen molar-refractivity contribution < 1.29 is 22.7 Å². The van der Waals surface area contributed by atoms with Crippen LogP contribution in [0.3, 0.4) is 0 Å². The van der Waals surface area contributed by atoms with Crippen LogP contribution in [0.1, 0.15) is 37.0 Å². The summed E-state index contributed by atoms with van der Waals surface area (Å²) in [5, 5.41) is 6.00. The predicted molar refractivity (Wildman–Crippen MR) is 72.4 cm³/mol. The highest BCUT2D eigenvalue weighted by molar-refractivity contribution is 8.13. The lowest BCUT2D eigenvalue weighted by atomic mass is 10.2. The minimum absolute atomic E-state index is 0.0101. The summed E-state index contributed by atoms with van der Waals surface area (Å²) in [5.74, 6) is -0.869. The molecule has 0 radical (unpaired) electrons. The van der Waals surface area contributed by atoms with E-state index < -0.39 is 15.0 Å². The van der Waals surface area contributed by atoms with Crippen molar-refractivity contribution in [3.05, 3.63) is 11.4 Å². The Morgan fingerprint density at radius 2 is 1.95 bits per heavy atom. The van der Waals surface area contributed by atoms with Gasteiger partial charge in [-0.3, -0.25) is 5.10 Å². The topological polar surface area (TPSA) is 98.3 Å². The van der Waals surface area contributed by atoms with Crippen LogP contribution in [0.15, 0.2) is 4.90 Å². The number of esters is 1. The van der Waals surface area contributed by atoms with Gasteiger partial charge in [0.15, 0.2) is 5.69 Å². The Morgan fingerprint density at radius 3 is 2.45 bits per heavy atom. The largest absolute Gasteiger partial charge is 0.458 e. The zero-order valence-corrected chi connectivity index (χ0v) is 13.3. The van der Waals surface area contributed by atoms with Gasteiger partial charge in [0.25, 0.3) is 9.05 Å². The molecule has 9 heteroatoms. The van der Waals surface area contributed by atoms with Crippen molar-refractivity contribution in [3.8, 4) is 0 Å². The Morgan fingerprint density at radius 1 is 1.35 bits per heavy atom. The molecule has 1 aromatic heterocycles. The first-order valence-electron chi connectivity index (χ1n) is 5.83. The molecule has 0 aliphatic rings. The number of aromatic amines is 1. The number of ether oxygens (including phenoxy) is 2. The van der Waals surface area contributed by atoms with Gasteiger partial charge in [0, 0.05) is 10.7 Å². The Bertz CT molecular complexity index is 588. The fourth-order valence-electron chi connectivity index (χ4n) is 1.41. The lowest BCUT2D eigenvalue weighted by molar-refractivity contribution is -0.0284. The Kier molecular flexibility index (Phi) is 5.17. The molecule has 0 aromatic carbocycles. The molecule has 20 heavy (non-hydrogen) atoms. The van der Waals surface area contributed by atoms with E-state index in [0.717, 1.165) is 0 Å². The van der Waals surface area contributed by atoms with Crippen LogP contribution in [-0.4, -0.2) is 43.4 Å². The summed E-state index contributed by atoms with van der Waals surface area (Å²) in [6, 6.07) is 0. The molecule has 114 valence electrons. The summed E-state index contributed by atoms with van der Waals surface area (Å²) in [7, 11) is 1.18. The Hall–Kier alpha value is -1.12. The van der Waals surface area contributed by atoms with E-state index in [0.29, 0.717) is 0 Å². The van der Waals surface area contributed by atoms with Crippen LogP contribution in [0, 0.1) is 6.92 Å². The number of nitrogens with one attached hydrogen (secondary N) is 1. The fraction of sp³-hybridized carbons (Fsp3) is 0.636. The van der Waals surface area contributed by atoms with Crippen LogP contribution in [0.4, 0.5) is 0 Å². The maximum atomic E-state index is 11.8. The zero-order valence-electron chi connectivity index (χ0n) is 11.7. The second kappa shape index (κ2) is 6.11. The summed E-state index contributed by atoms with van der Waals surface area (Å²) >= 11 is 0. The van der Waals surface area contributed by atoms with Crippen LogP contribution < -0.4 is 0 Å². The third-order valence-corrected chi connectivity index (χ3v) is 3.63. The molecule has 0 fully saturated rings. The first-order valence-corrected chi connectivity index (χ1v) is 8.14. The fourth-order valence-corrected chi connectivity index (χ4v) is 2.74. The number of aromatic nitrogens is 2. The maximum Gasteiger partial charge on any atom is 0.360 e. The molecule has 1 N–H and O–H groups in total. The predicted octanol–water partition coefficient (Wildman–Crippen LogP) is 1.62. The number of H-pyrrole nitrogens is 1. The summed E-state index contributed by atoms with van der Waals surface area (Å²) in [6.07, 6.45) is 0. The van der Waals surface area contributed by atoms with Crippen LogP contribution in [0.25, 0.3) is 0 Å². The van der Waals surface area contributed by atoms with Crippen molar-refractivity contribution >= 4 is 25.7 Å². The molecule has 0 aliphatic carbocycles. The summed E-state index contributed by atoms with van der Waals surface area (Å²) in [6.45, 7) is 7.23. The number of aryl methyl sites for hydroxylation is 1. The van der Waals surface area contributed by atoms with Gasteiger partial charge in [-0.2, -0.15) is 5.10 Å². The number of rotatable bonds is 5. The van der Waals surface area contributed by atoms with E-state index in [4.69, 9.17) is 20.2 Å². The van der Waals surface area contributed by atoms with Gasteiger partial charge >= 0.3 is 5.97 Å². The smallest absolute Gasteiger partial charge is 0.360 e. The second-order valence-electron chi connectivity index (χ2n) is 5.06. The van der Waals surface area contributed by atoms with Crippen molar-refractivity contribution in [2.75, 3.05) is 13.2 Å². The van der Waals surface area contributed by atoms with E-state index in [2.05, 4.69) is 10.2 Å². The summed E-state index contributed by atoms with van der Waals surface area (Å²) < 4.78 is 33.0. The van der Waals surface area contributed by atoms with Crippen molar-refractivity contribution in [1.29, 1.82) is 0 Å². The van der Waals surface area contributed by atoms with E-state index in [9.17, 15) is 13.2 Å². The molecule has 0 saturated carbocycles. The number of carbonyl (C=O) groups excluding carboxylic acids is 1. The van der Waals surface area contributed by atoms with Crippen molar-refractivity contribution in [2.24, 2.45) is 0 Å². The average Bonchev–Trinajstić information content (AvgIpc) is 2.64. The lowest BCUT2D eigenvalue weighted by Crippen LogP contribution is -2.23. The number of carbonyl (C=O) groups is 1. The Labute approximate surface area is 122 Å². The standard InChI is InChI=1S/C11H17ClN2O5S/c1-7-9(20(12,16)17)8(14-13-7)10(15)18-5-6-19-11(2,3)4/h5-6H2,1-4H3,(H,13,14). The average molecular weight is 325 g/mol.